The van der Waals surface area contributed by atoms with Crippen LogP contribution >= 0.6 is 0 Å². The second kappa shape index (κ2) is 6.28. The summed E-state index contributed by atoms with van der Waals surface area (Å²) in [6, 6.07) is 4.13. The van der Waals surface area contributed by atoms with E-state index in [4.69, 9.17) is 9.94 Å². The summed E-state index contributed by atoms with van der Waals surface area (Å²) in [5.74, 6) is -1.27. The zero-order valence-corrected chi connectivity index (χ0v) is 11.4. The largest absolute Gasteiger partial charge is 0.497 e. The highest BCUT2D eigenvalue weighted by molar-refractivity contribution is 7.89. The number of hydrogen-bond acceptors (Lipinski definition) is 5. The van der Waals surface area contributed by atoms with Gasteiger partial charge in [0.15, 0.2) is 0 Å². The van der Waals surface area contributed by atoms with Crippen LogP contribution in [0.25, 0.3) is 0 Å². The number of nitrogens with one attached hydrogen (secondary N) is 1. The number of benzene rings is 1. The molecule has 1 aromatic carbocycles. The van der Waals surface area contributed by atoms with Gasteiger partial charge in [0.05, 0.1) is 12.0 Å². The van der Waals surface area contributed by atoms with Crippen LogP contribution in [0.3, 0.4) is 0 Å². The maximum atomic E-state index is 12.8. The van der Waals surface area contributed by atoms with Crippen LogP contribution in [0.15, 0.2) is 29.2 Å². The highest BCUT2D eigenvalue weighted by atomic mass is 32.2. The summed E-state index contributed by atoms with van der Waals surface area (Å²) < 4.78 is 66.1. The van der Waals surface area contributed by atoms with Crippen molar-refractivity contribution in [3.63, 3.8) is 0 Å². The molecule has 0 saturated heterocycles. The molecule has 0 aromatic heterocycles. The normalized spacial score (nSPS) is 12.3. The topological polar surface area (TPSA) is 95.9 Å². The van der Waals surface area contributed by atoms with Gasteiger partial charge in [0.1, 0.15) is 12.3 Å². The molecule has 1 aromatic rings. The molecule has 0 aliphatic carbocycles. The molecule has 0 fully saturated rings. The van der Waals surface area contributed by atoms with E-state index >= 15 is 0 Å². The Morgan fingerprint density at radius 2 is 1.86 bits per heavy atom. The lowest BCUT2D eigenvalue weighted by Gasteiger charge is -2.23. The second-order valence-corrected chi connectivity index (χ2v) is 5.55. The van der Waals surface area contributed by atoms with Gasteiger partial charge in [-0.05, 0) is 24.3 Å². The fourth-order valence-electron chi connectivity index (χ4n) is 1.35. The number of ether oxygens (including phenoxy) is 1. The van der Waals surface area contributed by atoms with Crippen LogP contribution in [0, 0.1) is 0 Å². The standard InChI is InChI=1S/C10H11F3N2O5S/c1-20-7-2-4-8(5-3-7)21(18,19)15(10(11,12)13)6-9(16)14-17/h2-5,17H,6H2,1H3,(H,14,16). The Morgan fingerprint density at radius 3 is 2.24 bits per heavy atom. The average Bonchev–Trinajstić information content (AvgIpc) is 2.43. The van der Waals surface area contributed by atoms with E-state index in [1.165, 1.54) is 7.11 Å². The minimum atomic E-state index is -5.33. The predicted molar refractivity (Wildman–Crippen MR) is 62.9 cm³/mol. The smallest absolute Gasteiger partial charge is 0.474 e. The fraction of sp³-hybridized carbons (Fsp3) is 0.300. The van der Waals surface area contributed by atoms with Crippen molar-refractivity contribution in [2.75, 3.05) is 13.7 Å². The van der Waals surface area contributed by atoms with Gasteiger partial charge in [0.2, 0.25) is 0 Å². The summed E-state index contributed by atoms with van der Waals surface area (Å²) in [4.78, 5) is 10.2. The molecule has 11 heteroatoms. The van der Waals surface area contributed by atoms with Gasteiger partial charge in [-0.15, -0.1) is 0 Å². The number of carbonyl (C=O) groups is 1. The molecule has 0 saturated carbocycles. The summed E-state index contributed by atoms with van der Waals surface area (Å²) in [5.41, 5.74) is 0.944. The number of halogens is 3. The maximum absolute atomic E-state index is 12.8. The first kappa shape index (κ1) is 17.2. The molecule has 7 nitrogen and oxygen atoms in total. The number of methoxy groups -OCH3 is 1. The number of hydroxylamine groups is 1. The Bertz CT molecular complexity index is 600. The number of amides is 1. The third-order valence-corrected chi connectivity index (χ3v) is 4.13. The van der Waals surface area contributed by atoms with E-state index in [1.54, 1.807) is 0 Å². The molecule has 0 aliphatic rings. The number of alkyl halides is 3. The third kappa shape index (κ3) is 4.06. The van der Waals surface area contributed by atoms with Crippen molar-refractivity contribution in [1.29, 1.82) is 0 Å². The first-order chi connectivity index (χ1) is 9.62. The number of carbonyl (C=O) groups excluding carboxylic acids is 1. The summed E-state index contributed by atoms with van der Waals surface area (Å²) in [6.45, 7) is -1.60. The monoisotopic (exact) mass is 328 g/mol. The van der Waals surface area contributed by atoms with Crippen molar-refractivity contribution in [2.24, 2.45) is 0 Å². The molecular weight excluding hydrogens is 317 g/mol. The number of hydrogen-bond donors (Lipinski definition) is 2. The Morgan fingerprint density at radius 1 is 1.33 bits per heavy atom. The van der Waals surface area contributed by atoms with Gasteiger partial charge in [-0.3, -0.25) is 10.0 Å². The van der Waals surface area contributed by atoms with Crippen molar-refractivity contribution >= 4 is 15.9 Å². The van der Waals surface area contributed by atoms with E-state index < -0.39 is 38.0 Å². The van der Waals surface area contributed by atoms with Crippen LogP contribution in [-0.2, 0) is 14.8 Å². The van der Waals surface area contributed by atoms with Crippen LogP contribution in [0.2, 0.25) is 0 Å². The highest BCUT2D eigenvalue weighted by Gasteiger charge is 2.47. The van der Waals surface area contributed by atoms with Gasteiger partial charge >= 0.3 is 6.30 Å². The number of nitrogens with zero attached hydrogens (tertiary/aromatic N) is 1. The first-order valence-corrected chi connectivity index (χ1v) is 6.73. The summed E-state index contributed by atoms with van der Waals surface area (Å²) in [5, 5.41) is 8.25. The predicted octanol–water partition coefficient (Wildman–Crippen LogP) is 0.711. The molecule has 0 atom stereocenters. The van der Waals surface area contributed by atoms with Gasteiger partial charge in [0.25, 0.3) is 15.9 Å². The molecule has 0 radical (unpaired) electrons. The van der Waals surface area contributed by atoms with Crippen LogP contribution in [0.4, 0.5) is 13.2 Å². The summed E-state index contributed by atoms with van der Waals surface area (Å²) in [6.07, 6.45) is -5.33. The van der Waals surface area contributed by atoms with E-state index in [2.05, 4.69) is 0 Å². The molecule has 2 N–H and O–H groups in total. The molecule has 1 rings (SSSR count). The van der Waals surface area contributed by atoms with Crippen LogP contribution in [-0.4, -0.2) is 43.8 Å². The fourth-order valence-corrected chi connectivity index (χ4v) is 2.65. The highest BCUT2D eigenvalue weighted by Crippen LogP contribution is 2.29. The van der Waals surface area contributed by atoms with E-state index in [0.717, 1.165) is 29.7 Å². The maximum Gasteiger partial charge on any atom is 0.474 e. The second-order valence-electron chi connectivity index (χ2n) is 3.69. The Hall–Kier alpha value is -1.85. The van der Waals surface area contributed by atoms with Crippen LogP contribution < -0.4 is 10.2 Å². The van der Waals surface area contributed by atoms with E-state index in [-0.39, 0.29) is 5.75 Å². The van der Waals surface area contributed by atoms with Crippen molar-refractivity contribution in [3.8, 4) is 5.75 Å². The Balaban J connectivity index is 3.23. The SMILES string of the molecule is COc1ccc(S(=O)(=O)N(CC(=O)NO)C(F)(F)F)cc1. The van der Waals surface area contributed by atoms with Gasteiger partial charge in [-0.2, -0.15) is 13.2 Å². The molecule has 21 heavy (non-hydrogen) atoms. The molecule has 0 aliphatic heterocycles. The summed E-state index contributed by atoms with van der Waals surface area (Å²) >= 11 is 0. The number of sulfonamides is 1. The van der Waals surface area contributed by atoms with Crippen molar-refractivity contribution in [2.45, 2.75) is 11.2 Å². The van der Waals surface area contributed by atoms with E-state index in [9.17, 15) is 26.4 Å². The van der Waals surface area contributed by atoms with Gasteiger partial charge < -0.3 is 4.74 Å². The zero-order valence-electron chi connectivity index (χ0n) is 10.6. The third-order valence-electron chi connectivity index (χ3n) is 2.34. The van der Waals surface area contributed by atoms with E-state index in [0.29, 0.717) is 0 Å². The minimum Gasteiger partial charge on any atom is -0.497 e. The lowest BCUT2D eigenvalue weighted by Crippen LogP contribution is -2.47. The van der Waals surface area contributed by atoms with Gasteiger partial charge in [-0.1, -0.05) is 4.31 Å². The minimum absolute atomic E-state index is 0.251. The molecule has 0 heterocycles. The van der Waals surface area contributed by atoms with Crippen LogP contribution in [0.1, 0.15) is 0 Å². The molecule has 1 amide bonds. The quantitative estimate of drug-likeness (QED) is 0.471. The van der Waals surface area contributed by atoms with Crippen molar-refractivity contribution in [3.05, 3.63) is 24.3 Å². The first-order valence-electron chi connectivity index (χ1n) is 5.29. The molecule has 0 spiro atoms. The van der Waals surface area contributed by atoms with Crippen molar-refractivity contribution in [1.82, 2.24) is 9.79 Å². The molecule has 118 valence electrons. The van der Waals surface area contributed by atoms with Gasteiger partial charge in [0, 0.05) is 0 Å². The van der Waals surface area contributed by atoms with Crippen molar-refractivity contribution < 1.29 is 36.3 Å². The molecular formula is C10H11F3N2O5S. The Labute approximate surface area is 117 Å². The average molecular weight is 328 g/mol. The number of rotatable bonds is 5. The summed E-state index contributed by atoms with van der Waals surface area (Å²) in [7, 11) is -3.71. The molecule has 0 unspecified atom stereocenters. The zero-order chi connectivity index (χ0) is 16.3. The van der Waals surface area contributed by atoms with Gasteiger partial charge in [-0.25, -0.2) is 13.9 Å². The lowest BCUT2D eigenvalue weighted by molar-refractivity contribution is -0.211. The molecule has 0 bridgehead atoms. The Kier molecular flexibility index (Phi) is 5.15. The van der Waals surface area contributed by atoms with Crippen LogP contribution in [0.5, 0.6) is 5.75 Å². The lowest BCUT2D eigenvalue weighted by atomic mass is 10.3. The van der Waals surface area contributed by atoms with E-state index in [1.807, 2.05) is 0 Å².